The molecule has 1 aromatic carbocycles. The van der Waals surface area contributed by atoms with E-state index in [0.717, 1.165) is 5.56 Å². The number of aliphatic carboxylic acids is 1. The largest absolute Gasteiger partial charge is 0.477 e. The van der Waals surface area contributed by atoms with Crippen LogP contribution >= 0.6 is 11.8 Å². The van der Waals surface area contributed by atoms with Gasteiger partial charge in [0.2, 0.25) is 5.91 Å². The molecule has 1 fully saturated rings. The average Bonchev–Trinajstić information content (AvgIpc) is 2.63. The maximum atomic E-state index is 12.3. The number of allylic oxidation sites excluding steroid dienone is 1. The third-order valence-corrected chi connectivity index (χ3v) is 5.55. The highest BCUT2D eigenvalue weighted by molar-refractivity contribution is 8.00. The monoisotopic (exact) mass is 358 g/mol. The topological polar surface area (TPSA) is 86.7 Å². The van der Waals surface area contributed by atoms with Crippen LogP contribution in [0.4, 0.5) is 0 Å². The molecule has 3 rings (SSSR count). The number of hydrogen-bond donors (Lipinski definition) is 2. The minimum Gasteiger partial charge on any atom is -0.477 e. The Morgan fingerprint density at radius 2 is 2.08 bits per heavy atom. The van der Waals surface area contributed by atoms with Gasteiger partial charge in [-0.25, -0.2) is 4.79 Å². The van der Waals surface area contributed by atoms with E-state index in [1.165, 1.54) is 22.7 Å². The first-order valence-corrected chi connectivity index (χ1v) is 8.94. The summed E-state index contributed by atoms with van der Waals surface area (Å²) < 4.78 is 0. The SMILES string of the molecule is C=CC1=C(C(=O)O)N2C(=O)C(NC(=O)CCc3ccccc3)C2SC1. The Morgan fingerprint density at radius 3 is 2.72 bits per heavy atom. The standard InChI is InChI=1S/C18H18N2O4S/c1-2-12-10-25-17-14(16(22)20(17)15(12)18(23)24)19-13(21)9-8-11-6-4-3-5-7-11/h2-7,14,17H,1,8-10H2,(H,19,21)(H,23,24). The van der Waals surface area contributed by atoms with Crippen molar-refractivity contribution >= 4 is 29.5 Å². The van der Waals surface area contributed by atoms with Crippen molar-refractivity contribution in [2.45, 2.75) is 24.3 Å². The van der Waals surface area contributed by atoms with Crippen LogP contribution < -0.4 is 5.32 Å². The molecule has 6 nitrogen and oxygen atoms in total. The predicted octanol–water partition coefficient (Wildman–Crippen LogP) is 1.54. The molecular formula is C18H18N2O4S. The van der Waals surface area contributed by atoms with Gasteiger partial charge in [-0.1, -0.05) is 43.0 Å². The fourth-order valence-corrected chi connectivity index (χ4v) is 4.29. The van der Waals surface area contributed by atoms with Gasteiger partial charge < -0.3 is 10.4 Å². The number of carboxylic acid groups (broad SMARTS) is 1. The van der Waals surface area contributed by atoms with E-state index in [4.69, 9.17) is 0 Å². The molecule has 1 aromatic rings. The van der Waals surface area contributed by atoms with Crippen LogP contribution in [-0.4, -0.2) is 45.0 Å². The lowest BCUT2D eigenvalue weighted by Crippen LogP contribution is -2.70. The number of rotatable bonds is 6. The summed E-state index contributed by atoms with van der Waals surface area (Å²) in [5.41, 5.74) is 1.55. The van der Waals surface area contributed by atoms with Gasteiger partial charge in [-0.15, -0.1) is 11.8 Å². The zero-order valence-electron chi connectivity index (χ0n) is 13.5. The molecule has 25 heavy (non-hydrogen) atoms. The molecule has 0 bridgehead atoms. The predicted molar refractivity (Wildman–Crippen MR) is 94.6 cm³/mol. The lowest BCUT2D eigenvalue weighted by atomic mass is 10.0. The molecule has 2 heterocycles. The molecule has 2 aliphatic rings. The number of β-lactam (4-membered cyclic amide) rings is 1. The molecule has 2 unspecified atom stereocenters. The third-order valence-electron chi connectivity index (χ3n) is 4.25. The Balaban J connectivity index is 1.62. The summed E-state index contributed by atoms with van der Waals surface area (Å²) in [6.07, 6.45) is 2.34. The maximum absolute atomic E-state index is 12.3. The number of aryl methyl sites for hydroxylation is 1. The smallest absolute Gasteiger partial charge is 0.352 e. The van der Waals surface area contributed by atoms with Crippen molar-refractivity contribution in [1.82, 2.24) is 10.2 Å². The van der Waals surface area contributed by atoms with E-state index in [1.54, 1.807) is 0 Å². The first kappa shape index (κ1) is 17.3. The Kier molecular flexibility index (Phi) is 4.94. The first-order valence-electron chi connectivity index (χ1n) is 7.89. The molecule has 2 N–H and O–H groups in total. The molecular weight excluding hydrogens is 340 g/mol. The zero-order chi connectivity index (χ0) is 18.0. The van der Waals surface area contributed by atoms with Crippen molar-refractivity contribution in [3.05, 3.63) is 59.8 Å². The number of amides is 2. The number of hydrogen-bond acceptors (Lipinski definition) is 4. The summed E-state index contributed by atoms with van der Waals surface area (Å²) in [6, 6.07) is 8.96. The van der Waals surface area contributed by atoms with Crippen LogP contribution in [-0.2, 0) is 20.8 Å². The normalized spacial score (nSPS) is 22.1. The van der Waals surface area contributed by atoms with Crippen LogP contribution in [0.15, 0.2) is 54.3 Å². The van der Waals surface area contributed by atoms with E-state index in [2.05, 4.69) is 11.9 Å². The van der Waals surface area contributed by atoms with E-state index in [9.17, 15) is 19.5 Å². The number of fused-ring (bicyclic) bond motifs is 1. The highest BCUT2D eigenvalue weighted by Gasteiger charge is 2.53. The number of carbonyl (C=O) groups is 3. The van der Waals surface area contributed by atoms with Crippen LogP contribution in [0.25, 0.3) is 0 Å². The summed E-state index contributed by atoms with van der Waals surface area (Å²) in [5, 5.41) is 11.7. The van der Waals surface area contributed by atoms with Crippen LogP contribution in [0.5, 0.6) is 0 Å². The lowest BCUT2D eigenvalue weighted by Gasteiger charge is -2.49. The molecule has 0 aromatic heterocycles. The molecule has 1 saturated heterocycles. The number of carbonyl (C=O) groups excluding carboxylic acids is 2. The molecule has 2 atom stereocenters. The molecule has 0 spiro atoms. The fourth-order valence-electron chi connectivity index (χ4n) is 2.95. The van der Waals surface area contributed by atoms with Gasteiger partial charge >= 0.3 is 5.97 Å². The number of benzene rings is 1. The second kappa shape index (κ2) is 7.14. The van der Waals surface area contributed by atoms with Gasteiger partial charge in [0.15, 0.2) is 0 Å². The molecule has 2 aliphatic heterocycles. The summed E-state index contributed by atoms with van der Waals surface area (Å²) in [6.45, 7) is 3.60. The fraction of sp³-hybridized carbons (Fsp3) is 0.278. The molecule has 0 radical (unpaired) electrons. The number of nitrogens with zero attached hydrogens (tertiary/aromatic N) is 1. The van der Waals surface area contributed by atoms with Crippen LogP contribution in [0.3, 0.4) is 0 Å². The summed E-state index contributed by atoms with van der Waals surface area (Å²) in [4.78, 5) is 37.2. The van der Waals surface area contributed by atoms with E-state index >= 15 is 0 Å². The van der Waals surface area contributed by atoms with Crippen molar-refractivity contribution in [3.8, 4) is 0 Å². The number of thioether (sulfide) groups is 1. The molecule has 0 aliphatic carbocycles. The highest BCUT2D eigenvalue weighted by Crippen LogP contribution is 2.40. The zero-order valence-corrected chi connectivity index (χ0v) is 14.3. The van der Waals surface area contributed by atoms with E-state index in [0.29, 0.717) is 17.7 Å². The van der Waals surface area contributed by atoms with Crippen molar-refractivity contribution < 1.29 is 19.5 Å². The minimum atomic E-state index is -1.15. The minimum absolute atomic E-state index is 0.0291. The van der Waals surface area contributed by atoms with Gasteiger partial charge in [-0.05, 0) is 17.6 Å². The van der Waals surface area contributed by atoms with Crippen LogP contribution in [0.1, 0.15) is 12.0 Å². The lowest BCUT2D eigenvalue weighted by molar-refractivity contribution is -0.150. The molecule has 130 valence electrons. The van der Waals surface area contributed by atoms with Gasteiger partial charge in [0.05, 0.1) is 0 Å². The van der Waals surface area contributed by atoms with Gasteiger partial charge in [-0.2, -0.15) is 0 Å². The third kappa shape index (κ3) is 3.32. The number of carboxylic acids is 1. The summed E-state index contributed by atoms with van der Waals surface area (Å²) >= 11 is 1.43. The van der Waals surface area contributed by atoms with Gasteiger partial charge in [0.1, 0.15) is 17.1 Å². The van der Waals surface area contributed by atoms with Crippen molar-refractivity contribution in [3.63, 3.8) is 0 Å². The van der Waals surface area contributed by atoms with Gasteiger partial charge in [0, 0.05) is 12.2 Å². The highest BCUT2D eigenvalue weighted by atomic mass is 32.2. The van der Waals surface area contributed by atoms with Gasteiger partial charge in [0.25, 0.3) is 5.91 Å². The van der Waals surface area contributed by atoms with Gasteiger partial charge in [-0.3, -0.25) is 14.5 Å². The van der Waals surface area contributed by atoms with E-state index < -0.39 is 12.0 Å². The molecule has 0 saturated carbocycles. The van der Waals surface area contributed by atoms with E-state index in [1.807, 2.05) is 30.3 Å². The second-order valence-electron chi connectivity index (χ2n) is 5.82. The Bertz CT molecular complexity index is 760. The Morgan fingerprint density at radius 1 is 1.36 bits per heavy atom. The Labute approximate surface area is 149 Å². The van der Waals surface area contributed by atoms with Crippen molar-refractivity contribution in [2.24, 2.45) is 0 Å². The molecule has 2 amide bonds. The van der Waals surface area contributed by atoms with Crippen molar-refractivity contribution in [1.29, 1.82) is 0 Å². The maximum Gasteiger partial charge on any atom is 0.352 e. The summed E-state index contributed by atoms with van der Waals surface area (Å²) in [7, 11) is 0. The number of nitrogens with one attached hydrogen (secondary N) is 1. The average molecular weight is 358 g/mol. The second-order valence-corrected chi connectivity index (χ2v) is 6.93. The van der Waals surface area contributed by atoms with Crippen LogP contribution in [0, 0.1) is 0 Å². The molecule has 7 heteroatoms. The van der Waals surface area contributed by atoms with E-state index in [-0.39, 0.29) is 29.3 Å². The quantitative estimate of drug-likeness (QED) is 0.754. The Hall–Kier alpha value is -2.54. The van der Waals surface area contributed by atoms with Crippen LogP contribution in [0.2, 0.25) is 0 Å². The van der Waals surface area contributed by atoms with Crippen molar-refractivity contribution in [2.75, 3.05) is 5.75 Å². The first-order chi connectivity index (χ1) is 12.0. The summed E-state index contributed by atoms with van der Waals surface area (Å²) in [5.74, 6) is -1.29.